The van der Waals surface area contributed by atoms with Gasteiger partial charge in [-0.3, -0.25) is 14.7 Å². The van der Waals surface area contributed by atoms with E-state index in [2.05, 4.69) is 14.9 Å². The number of ether oxygens (including phenoxy) is 1. The van der Waals surface area contributed by atoms with Gasteiger partial charge in [0.2, 0.25) is 5.91 Å². The van der Waals surface area contributed by atoms with Crippen molar-refractivity contribution >= 4 is 52.1 Å². The second-order valence-corrected chi connectivity index (χ2v) is 9.13. The van der Waals surface area contributed by atoms with E-state index >= 15 is 0 Å². The summed E-state index contributed by atoms with van der Waals surface area (Å²) in [6.45, 7) is 1.95. The molecule has 1 aliphatic heterocycles. The molecule has 4 rings (SSSR count). The van der Waals surface area contributed by atoms with Crippen LogP contribution in [-0.2, 0) is 20.9 Å². The van der Waals surface area contributed by atoms with Gasteiger partial charge in [-0.1, -0.05) is 11.6 Å². The molecular formula is C22H23ClN4O3S. The molecule has 0 aromatic carbocycles. The minimum atomic E-state index is -0.466. The highest BCUT2D eigenvalue weighted by molar-refractivity contribution is 7.17. The van der Waals surface area contributed by atoms with Gasteiger partial charge >= 0.3 is 0 Å². The molecule has 0 bridgehead atoms. The molecule has 162 valence electrons. The van der Waals surface area contributed by atoms with E-state index in [9.17, 15) is 9.59 Å². The third-order valence-corrected chi connectivity index (χ3v) is 6.64. The predicted octanol–water partition coefficient (Wildman–Crippen LogP) is 3.22. The molecule has 1 saturated heterocycles. The smallest absolute Gasteiger partial charge is 0.247 e. The summed E-state index contributed by atoms with van der Waals surface area (Å²) in [4.78, 5) is 37.2. The predicted molar refractivity (Wildman–Crippen MR) is 122 cm³/mol. The second-order valence-electron chi connectivity index (χ2n) is 7.38. The van der Waals surface area contributed by atoms with Crippen molar-refractivity contribution in [3.8, 4) is 0 Å². The standard InChI is InChI=1S/C22H23ClN4O3S/c1-30-14-20-19(13-28)26(12-16-10-15-11-24-7-6-18(15)25-16)8-9-27(20)22(29)5-3-17-2-4-21(23)31-17/h2-7,10-11,13,19-20,25H,8-9,12,14H2,1H3/b5-3+/t19?,20-/m1/s1. The number of aromatic nitrogens is 2. The lowest BCUT2D eigenvalue weighted by molar-refractivity contribution is -0.138. The van der Waals surface area contributed by atoms with Crippen LogP contribution >= 0.6 is 22.9 Å². The first kappa shape index (κ1) is 21.7. The van der Waals surface area contributed by atoms with E-state index in [-0.39, 0.29) is 18.6 Å². The number of pyridine rings is 1. The molecule has 1 amide bonds. The number of aromatic amines is 1. The molecule has 0 saturated carbocycles. The van der Waals surface area contributed by atoms with Gasteiger partial charge in [-0.15, -0.1) is 11.3 Å². The first-order chi connectivity index (χ1) is 15.1. The van der Waals surface area contributed by atoms with E-state index in [1.54, 1.807) is 30.3 Å². The van der Waals surface area contributed by atoms with Crippen molar-refractivity contribution in [2.45, 2.75) is 18.6 Å². The molecule has 31 heavy (non-hydrogen) atoms. The summed E-state index contributed by atoms with van der Waals surface area (Å²) in [5.41, 5.74) is 2.01. The van der Waals surface area contributed by atoms with E-state index in [0.717, 1.165) is 27.8 Å². The van der Waals surface area contributed by atoms with Crippen LogP contribution in [0.15, 0.2) is 42.7 Å². The highest BCUT2D eigenvalue weighted by atomic mass is 35.5. The minimum Gasteiger partial charge on any atom is -0.382 e. The Labute approximate surface area is 189 Å². The van der Waals surface area contributed by atoms with Gasteiger partial charge in [-0.25, -0.2) is 0 Å². The molecule has 7 nitrogen and oxygen atoms in total. The fourth-order valence-electron chi connectivity index (χ4n) is 3.98. The molecule has 1 fully saturated rings. The summed E-state index contributed by atoms with van der Waals surface area (Å²) in [6.07, 6.45) is 7.75. The van der Waals surface area contributed by atoms with Crippen molar-refractivity contribution < 1.29 is 14.3 Å². The number of rotatable bonds is 7. The number of thiophene rings is 1. The number of hydrogen-bond acceptors (Lipinski definition) is 6. The number of aldehydes is 1. The highest BCUT2D eigenvalue weighted by Gasteiger charge is 2.38. The molecule has 0 spiro atoms. The van der Waals surface area contributed by atoms with Gasteiger partial charge in [-0.2, -0.15) is 0 Å². The Kier molecular flexibility index (Phi) is 6.82. The Morgan fingerprint density at radius 1 is 1.39 bits per heavy atom. The van der Waals surface area contributed by atoms with Crippen LogP contribution in [0.25, 0.3) is 17.0 Å². The number of nitrogens with one attached hydrogen (secondary N) is 1. The van der Waals surface area contributed by atoms with E-state index < -0.39 is 6.04 Å². The molecule has 1 unspecified atom stereocenters. The number of nitrogens with zero attached hydrogens (tertiary/aromatic N) is 3. The summed E-state index contributed by atoms with van der Waals surface area (Å²) < 4.78 is 6.04. The zero-order valence-corrected chi connectivity index (χ0v) is 18.6. The molecule has 0 radical (unpaired) electrons. The first-order valence-electron chi connectivity index (χ1n) is 9.93. The number of piperazine rings is 1. The Hall–Kier alpha value is -2.52. The molecule has 3 aromatic heterocycles. The average molecular weight is 459 g/mol. The number of amides is 1. The van der Waals surface area contributed by atoms with Gasteiger partial charge in [0.15, 0.2) is 0 Å². The van der Waals surface area contributed by atoms with Crippen molar-refractivity contribution in [2.24, 2.45) is 0 Å². The van der Waals surface area contributed by atoms with Crippen LogP contribution in [0.2, 0.25) is 4.34 Å². The summed E-state index contributed by atoms with van der Waals surface area (Å²) >= 11 is 7.36. The van der Waals surface area contributed by atoms with Gasteiger partial charge in [0.05, 0.1) is 23.0 Å². The number of halogens is 1. The van der Waals surface area contributed by atoms with Gasteiger partial charge in [0.1, 0.15) is 6.29 Å². The van der Waals surface area contributed by atoms with Crippen molar-refractivity contribution in [3.05, 3.63) is 57.6 Å². The van der Waals surface area contributed by atoms with Gasteiger partial charge in [0.25, 0.3) is 0 Å². The van der Waals surface area contributed by atoms with E-state index in [0.29, 0.717) is 24.0 Å². The lowest BCUT2D eigenvalue weighted by Crippen LogP contribution is -2.62. The zero-order valence-electron chi connectivity index (χ0n) is 17.0. The zero-order chi connectivity index (χ0) is 21.8. The second kappa shape index (κ2) is 9.74. The van der Waals surface area contributed by atoms with E-state index in [1.165, 1.54) is 17.4 Å². The Bertz CT molecular complexity index is 1060. The van der Waals surface area contributed by atoms with Crippen molar-refractivity contribution in [3.63, 3.8) is 0 Å². The third kappa shape index (κ3) is 4.88. The number of carbonyl (C=O) groups excluding carboxylic acids is 2. The topological polar surface area (TPSA) is 78.5 Å². The lowest BCUT2D eigenvalue weighted by atomic mass is 10.0. The van der Waals surface area contributed by atoms with Crippen LogP contribution in [0.4, 0.5) is 0 Å². The monoisotopic (exact) mass is 458 g/mol. The number of carbonyl (C=O) groups is 2. The van der Waals surface area contributed by atoms with Crippen molar-refractivity contribution in [2.75, 3.05) is 26.8 Å². The maximum absolute atomic E-state index is 12.9. The molecular weight excluding hydrogens is 436 g/mol. The maximum Gasteiger partial charge on any atom is 0.247 e. The molecule has 1 N–H and O–H groups in total. The van der Waals surface area contributed by atoms with Crippen molar-refractivity contribution in [1.29, 1.82) is 0 Å². The Balaban J connectivity index is 1.50. The number of fused-ring (bicyclic) bond motifs is 1. The molecule has 0 aliphatic carbocycles. The van der Waals surface area contributed by atoms with E-state index in [4.69, 9.17) is 16.3 Å². The molecule has 9 heteroatoms. The summed E-state index contributed by atoms with van der Waals surface area (Å²) in [5.74, 6) is -0.144. The fourth-order valence-corrected chi connectivity index (χ4v) is 4.94. The summed E-state index contributed by atoms with van der Waals surface area (Å²) in [7, 11) is 1.58. The molecule has 2 atom stereocenters. The average Bonchev–Trinajstić information content (AvgIpc) is 3.37. The van der Waals surface area contributed by atoms with Crippen LogP contribution < -0.4 is 0 Å². The Morgan fingerprint density at radius 2 is 2.26 bits per heavy atom. The first-order valence-corrected chi connectivity index (χ1v) is 11.1. The SMILES string of the molecule is COC[C@@H]1C(C=O)N(Cc2cc3cnccc3[nH]2)CCN1C(=O)/C=C/c1ccc(Cl)s1. The van der Waals surface area contributed by atoms with Gasteiger partial charge < -0.3 is 19.4 Å². The maximum atomic E-state index is 12.9. The van der Waals surface area contributed by atoms with Crippen LogP contribution in [-0.4, -0.2) is 70.9 Å². The van der Waals surface area contributed by atoms with Crippen LogP contribution in [0.1, 0.15) is 10.6 Å². The van der Waals surface area contributed by atoms with Gasteiger partial charge in [-0.05, 0) is 30.3 Å². The highest BCUT2D eigenvalue weighted by Crippen LogP contribution is 2.24. The number of methoxy groups -OCH3 is 1. The summed E-state index contributed by atoms with van der Waals surface area (Å²) in [5, 5.41) is 1.03. The van der Waals surface area contributed by atoms with Gasteiger partial charge in [0, 0.05) is 66.7 Å². The number of hydrogen-bond donors (Lipinski definition) is 1. The van der Waals surface area contributed by atoms with Crippen LogP contribution in [0.5, 0.6) is 0 Å². The molecule has 3 aromatic rings. The third-order valence-electron chi connectivity index (χ3n) is 5.44. The number of H-pyrrole nitrogens is 1. The molecule has 1 aliphatic rings. The summed E-state index contributed by atoms with van der Waals surface area (Å²) in [6, 6.07) is 6.80. The van der Waals surface area contributed by atoms with Crippen molar-refractivity contribution in [1.82, 2.24) is 19.8 Å². The minimum absolute atomic E-state index is 0.144. The largest absolute Gasteiger partial charge is 0.382 e. The van der Waals surface area contributed by atoms with E-state index in [1.807, 2.05) is 24.4 Å². The van der Waals surface area contributed by atoms with Crippen LogP contribution in [0.3, 0.4) is 0 Å². The van der Waals surface area contributed by atoms with Crippen LogP contribution in [0, 0.1) is 0 Å². The quantitative estimate of drug-likeness (QED) is 0.434. The fraction of sp³-hybridized carbons (Fsp3) is 0.318. The Morgan fingerprint density at radius 3 is 2.97 bits per heavy atom. The molecule has 4 heterocycles. The normalized spacial score (nSPS) is 20.0. The lowest BCUT2D eigenvalue weighted by Gasteiger charge is -2.44.